The second kappa shape index (κ2) is 6.16. The highest BCUT2D eigenvalue weighted by atomic mass is 16.5. The molecule has 0 spiro atoms. The van der Waals surface area contributed by atoms with Crippen molar-refractivity contribution in [3.8, 4) is 5.75 Å². The molecular weight excluding hydrogens is 204 g/mol. The zero-order valence-electron chi connectivity index (χ0n) is 10.0. The fourth-order valence-electron chi connectivity index (χ4n) is 1.43. The SMILES string of the molecule is CCc1cccc(OC(C)CC(=O)OC)c1. The summed E-state index contributed by atoms with van der Waals surface area (Å²) in [5, 5.41) is 0. The van der Waals surface area contributed by atoms with Crippen molar-refractivity contribution < 1.29 is 14.3 Å². The van der Waals surface area contributed by atoms with Crippen LogP contribution in [-0.2, 0) is 16.0 Å². The smallest absolute Gasteiger partial charge is 0.309 e. The molecule has 16 heavy (non-hydrogen) atoms. The molecule has 88 valence electrons. The number of hydrogen-bond donors (Lipinski definition) is 0. The zero-order chi connectivity index (χ0) is 12.0. The molecule has 0 saturated heterocycles. The summed E-state index contributed by atoms with van der Waals surface area (Å²) in [6.45, 7) is 3.95. The van der Waals surface area contributed by atoms with Gasteiger partial charge in [-0.05, 0) is 31.0 Å². The van der Waals surface area contributed by atoms with Gasteiger partial charge in [-0.15, -0.1) is 0 Å². The van der Waals surface area contributed by atoms with Gasteiger partial charge in [0, 0.05) is 0 Å². The Bertz CT molecular complexity index is 347. The maximum absolute atomic E-state index is 11.0. The standard InChI is InChI=1S/C13H18O3/c1-4-11-6-5-7-12(9-11)16-10(2)8-13(14)15-3/h5-7,9-10H,4,8H2,1-3H3. The van der Waals surface area contributed by atoms with Crippen molar-refractivity contribution in [1.29, 1.82) is 0 Å². The van der Waals surface area contributed by atoms with Crippen molar-refractivity contribution in [3.63, 3.8) is 0 Å². The lowest BCUT2D eigenvalue weighted by Gasteiger charge is -2.14. The fraction of sp³-hybridized carbons (Fsp3) is 0.462. The van der Waals surface area contributed by atoms with Gasteiger partial charge in [0.15, 0.2) is 0 Å². The predicted octanol–water partition coefficient (Wildman–Crippen LogP) is 2.58. The van der Waals surface area contributed by atoms with Crippen molar-refractivity contribution in [2.24, 2.45) is 0 Å². The third-order valence-corrected chi connectivity index (χ3v) is 2.33. The van der Waals surface area contributed by atoms with Gasteiger partial charge in [0.2, 0.25) is 0 Å². The molecule has 0 aliphatic heterocycles. The van der Waals surface area contributed by atoms with Crippen LogP contribution < -0.4 is 4.74 Å². The zero-order valence-corrected chi connectivity index (χ0v) is 10.0. The molecule has 3 heteroatoms. The molecular formula is C13H18O3. The minimum Gasteiger partial charge on any atom is -0.490 e. The number of rotatable bonds is 5. The number of aryl methyl sites for hydroxylation is 1. The summed E-state index contributed by atoms with van der Waals surface area (Å²) in [5.41, 5.74) is 1.22. The van der Waals surface area contributed by atoms with Crippen LogP contribution in [-0.4, -0.2) is 19.2 Å². The number of hydrogen-bond acceptors (Lipinski definition) is 3. The third-order valence-electron chi connectivity index (χ3n) is 2.33. The van der Waals surface area contributed by atoms with Crippen molar-refractivity contribution in [2.75, 3.05) is 7.11 Å². The lowest BCUT2D eigenvalue weighted by atomic mass is 10.1. The summed E-state index contributed by atoms with van der Waals surface area (Å²) in [5.74, 6) is 0.551. The third kappa shape index (κ3) is 3.93. The summed E-state index contributed by atoms with van der Waals surface area (Å²) in [6.07, 6.45) is 1.08. The van der Waals surface area contributed by atoms with Gasteiger partial charge in [-0.2, -0.15) is 0 Å². The Morgan fingerprint density at radius 3 is 2.81 bits per heavy atom. The number of methoxy groups -OCH3 is 1. The van der Waals surface area contributed by atoms with E-state index in [1.54, 1.807) is 0 Å². The summed E-state index contributed by atoms with van der Waals surface area (Å²) in [4.78, 5) is 11.0. The van der Waals surface area contributed by atoms with Gasteiger partial charge in [0.1, 0.15) is 11.9 Å². The average molecular weight is 222 g/mol. The van der Waals surface area contributed by atoms with Gasteiger partial charge in [-0.25, -0.2) is 0 Å². The molecule has 0 radical (unpaired) electrons. The molecule has 0 aliphatic rings. The Morgan fingerprint density at radius 2 is 2.19 bits per heavy atom. The molecule has 1 atom stereocenters. The van der Waals surface area contributed by atoms with E-state index in [-0.39, 0.29) is 18.5 Å². The molecule has 1 aromatic rings. The molecule has 0 aromatic heterocycles. The molecule has 1 unspecified atom stereocenters. The van der Waals surface area contributed by atoms with E-state index >= 15 is 0 Å². The quantitative estimate of drug-likeness (QED) is 0.718. The van der Waals surface area contributed by atoms with Crippen LogP contribution in [0.2, 0.25) is 0 Å². The maximum atomic E-state index is 11.0. The molecule has 0 saturated carbocycles. The maximum Gasteiger partial charge on any atom is 0.309 e. The normalized spacial score (nSPS) is 11.9. The number of benzene rings is 1. The van der Waals surface area contributed by atoms with Gasteiger partial charge in [0.25, 0.3) is 0 Å². The molecule has 0 fully saturated rings. The minimum atomic E-state index is -0.251. The van der Waals surface area contributed by atoms with Gasteiger partial charge in [-0.1, -0.05) is 19.1 Å². The van der Waals surface area contributed by atoms with Gasteiger partial charge < -0.3 is 9.47 Å². The van der Waals surface area contributed by atoms with Crippen LogP contribution in [0.15, 0.2) is 24.3 Å². The van der Waals surface area contributed by atoms with Crippen molar-refractivity contribution in [2.45, 2.75) is 32.8 Å². The van der Waals surface area contributed by atoms with E-state index in [4.69, 9.17) is 4.74 Å². The topological polar surface area (TPSA) is 35.5 Å². The first kappa shape index (κ1) is 12.6. The average Bonchev–Trinajstić information content (AvgIpc) is 2.28. The molecule has 0 N–H and O–H groups in total. The Kier molecular flexibility index (Phi) is 4.83. The number of carbonyl (C=O) groups is 1. The second-order valence-electron chi connectivity index (χ2n) is 3.71. The molecule has 0 amide bonds. The van der Waals surface area contributed by atoms with Crippen LogP contribution >= 0.6 is 0 Å². The van der Waals surface area contributed by atoms with Crippen LogP contribution in [0.5, 0.6) is 5.75 Å². The van der Waals surface area contributed by atoms with E-state index < -0.39 is 0 Å². The van der Waals surface area contributed by atoms with Crippen molar-refractivity contribution in [1.82, 2.24) is 0 Å². The van der Waals surface area contributed by atoms with Crippen LogP contribution in [0.4, 0.5) is 0 Å². The first-order valence-corrected chi connectivity index (χ1v) is 5.48. The predicted molar refractivity (Wildman–Crippen MR) is 62.5 cm³/mol. The lowest BCUT2D eigenvalue weighted by molar-refractivity contribution is -0.142. The van der Waals surface area contributed by atoms with Gasteiger partial charge >= 0.3 is 5.97 Å². The Hall–Kier alpha value is -1.51. The highest BCUT2D eigenvalue weighted by molar-refractivity contribution is 5.69. The summed E-state index contributed by atoms with van der Waals surface area (Å²) in [7, 11) is 1.38. The van der Waals surface area contributed by atoms with E-state index in [9.17, 15) is 4.79 Å². The van der Waals surface area contributed by atoms with Crippen molar-refractivity contribution in [3.05, 3.63) is 29.8 Å². The fourth-order valence-corrected chi connectivity index (χ4v) is 1.43. The Labute approximate surface area is 96.4 Å². The van der Waals surface area contributed by atoms with Crippen LogP contribution in [0.25, 0.3) is 0 Å². The summed E-state index contributed by atoms with van der Waals surface area (Å²) in [6, 6.07) is 7.90. The monoisotopic (exact) mass is 222 g/mol. The highest BCUT2D eigenvalue weighted by Crippen LogP contribution is 2.16. The summed E-state index contributed by atoms with van der Waals surface area (Å²) >= 11 is 0. The van der Waals surface area contributed by atoms with E-state index in [1.165, 1.54) is 12.7 Å². The number of ether oxygens (including phenoxy) is 2. The Morgan fingerprint density at radius 1 is 1.44 bits per heavy atom. The highest BCUT2D eigenvalue weighted by Gasteiger charge is 2.10. The molecule has 0 aliphatic carbocycles. The number of carbonyl (C=O) groups excluding carboxylic acids is 1. The number of esters is 1. The van der Waals surface area contributed by atoms with Gasteiger partial charge in [0.05, 0.1) is 13.5 Å². The second-order valence-corrected chi connectivity index (χ2v) is 3.71. The van der Waals surface area contributed by atoms with E-state index in [1.807, 2.05) is 25.1 Å². The largest absolute Gasteiger partial charge is 0.490 e. The molecule has 3 nitrogen and oxygen atoms in total. The van der Waals surface area contributed by atoms with Crippen LogP contribution in [0, 0.1) is 0 Å². The molecule has 1 rings (SSSR count). The summed E-state index contributed by atoms with van der Waals surface area (Å²) < 4.78 is 10.2. The molecule has 0 bridgehead atoms. The molecule has 1 aromatic carbocycles. The first-order valence-electron chi connectivity index (χ1n) is 5.48. The molecule has 0 heterocycles. The van der Waals surface area contributed by atoms with Crippen molar-refractivity contribution >= 4 is 5.97 Å². The Balaban J connectivity index is 2.55. The van der Waals surface area contributed by atoms with E-state index in [2.05, 4.69) is 17.7 Å². The first-order chi connectivity index (χ1) is 7.65. The van der Waals surface area contributed by atoms with Gasteiger partial charge in [-0.3, -0.25) is 4.79 Å². The van der Waals surface area contributed by atoms with Crippen LogP contribution in [0.1, 0.15) is 25.8 Å². The lowest BCUT2D eigenvalue weighted by Crippen LogP contribution is -2.17. The minimum absolute atomic E-state index is 0.167. The van der Waals surface area contributed by atoms with Crippen LogP contribution in [0.3, 0.4) is 0 Å². The van der Waals surface area contributed by atoms with E-state index in [0.29, 0.717) is 0 Å². The van der Waals surface area contributed by atoms with E-state index in [0.717, 1.165) is 12.2 Å².